The maximum atomic E-state index is 12.3. The molecule has 8 heteroatoms. The molecule has 7 nitrogen and oxygen atoms in total. The van der Waals surface area contributed by atoms with Gasteiger partial charge in [0.15, 0.2) is 5.13 Å². The summed E-state index contributed by atoms with van der Waals surface area (Å²) in [5.41, 5.74) is 0.380. The Morgan fingerprint density at radius 2 is 1.92 bits per heavy atom. The highest BCUT2D eigenvalue weighted by Gasteiger charge is 2.20. The van der Waals surface area contributed by atoms with Crippen molar-refractivity contribution in [3.8, 4) is 5.75 Å². The van der Waals surface area contributed by atoms with Gasteiger partial charge in [0.1, 0.15) is 16.8 Å². The molecule has 0 bridgehead atoms. The molecule has 1 heterocycles. The van der Waals surface area contributed by atoms with Gasteiger partial charge in [0, 0.05) is 6.07 Å². The fourth-order valence-electron chi connectivity index (χ4n) is 2.13. The number of ether oxygens (including phenoxy) is 1. The lowest BCUT2D eigenvalue weighted by atomic mass is 10.1. The Balaban J connectivity index is 0.00000109. The Labute approximate surface area is 148 Å². The molecule has 3 aromatic rings. The number of amides is 1. The predicted molar refractivity (Wildman–Crippen MR) is 98.6 cm³/mol. The first-order valence-corrected chi connectivity index (χ1v) is 8.40. The van der Waals surface area contributed by atoms with Crippen LogP contribution in [0.4, 0.5) is 10.8 Å². The number of nitrogens with zero attached hydrogens (tertiary/aromatic N) is 2. The summed E-state index contributed by atoms with van der Waals surface area (Å²) in [6, 6.07) is 11.2. The summed E-state index contributed by atoms with van der Waals surface area (Å²) in [6.45, 7) is 4.00. The zero-order valence-electron chi connectivity index (χ0n) is 14.0. The van der Waals surface area contributed by atoms with E-state index in [1.165, 1.54) is 29.5 Å². The molecular formula is C17H17N3O4S. The van der Waals surface area contributed by atoms with Crippen molar-refractivity contribution in [2.45, 2.75) is 13.8 Å². The highest BCUT2D eigenvalue weighted by atomic mass is 32.1. The van der Waals surface area contributed by atoms with Crippen LogP contribution >= 0.6 is 11.3 Å². The number of para-hydroxylation sites is 2. The zero-order valence-corrected chi connectivity index (χ0v) is 14.8. The van der Waals surface area contributed by atoms with Gasteiger partial charge in [-0.1, -0.05) is 43.4 Å². The van der Waals surface area contributed by atoms with E-state index >= 15 is 0 Å². The highest BCUT2D eigenvalue weighted by molar-refractivity contribution is 7.22. The lowest BCUT2D eigenvalue weighted by Crippen LogP contribution is -2.13. The number of nitrogens with one attached hydrogen (secondary N) is 1. The van der Waals surface area contributed by atoms with Crippen molar-refractivity contribution in [3.63, 3.8) is 0 Å². The third-order valence-corrected chi connectivity index (χ3v) is 4.10. The van der Waals surface area contributed by atoms with Crippen molar-refractivity contribution in [2.24, 2.45) is 0 Å². The van der Waals surface area contributed by atoms with E-state index < -0.39 is 10.8 Å². The third-order valence-electron chi connectivity index (χ3n) is 3.17. The van der Waals surface area contributed by atoms with Crippen LogP contribution in [0, 0.1) is 10.1 Å². The average Bonchev–Trinajstić information content (AvgIpc) is 3.05. The first-order valence-electron chi connectivity index (χ1n) is 7.58. The van der Waals surface area contributed by atoms with E-state index in [1.807, 2.05) is 26.0 Å². The maximum absolute atomic E-state index is 12.3. The number of hydrogen-bond acceptors (Lipinski definition) is 6. The van der Waals surface area contributed by atoms with Crippen LogP contribution in [0.2, 0.25) is 0 Å². The zero-order chi connectivity index (χ0) is 18.4. The molecule has 0 fully saturated rings. The molecule has 3 rings (SSSR count). The van der Waals surface area contributed by atoms with Crippen LogP contribution in [0.5, 0.6) is 5.75 Å². The van der Waals surface area contributed by atoms with Gasteiger partial charge in [0.05, 0.1) is 16.7 Å². The largest absolute Gasteiger partial charge is 0.494 e. The van der Waals surface area contributed by atoms with E-state index in [2.05, 4.69) is 10.3 Å². The molecule has 0 spiro atoms. The number of carbonyl (C=O) groups excluding carboxylic acids is 1. The molecule has 25 heavy (non-hydrogen) atoms. The second-order valence-corrected chi connectivity index (χ2v) is 5.59. The number of fused-ring (bicyclic) bond motifs is 1. The predicted octanol–water partition coefficient (Wildman–Crippen LogP) is 4.49. The summed E-state index contributed by atoms with van der Waals surface area (Å²) in [4.78, 5) is 27.0. The third kappa shape index (κ3) is 3.92. The van der Waals surface area contributed by atoms with Gasteiger partial charge in [0.25, 0.3) is 11.6 Å². The molecule has 0 radical (unpaired) electrons. The number of benzene rings is 2. The van der Waals surface area contributed by atoms with Gasteiger partial charge in [-0.3, -0.25) is 20.2 Å². The minimum atomic E-state index is -0.587. The number of rotatable bonds is 4. The van der Waals surface area contributed by atoms with Gasteiger partial charge < -0.3 is 4.74 Å². The normalized spacial score (nSPS) is 9.88. The molecular weight excluding hydrogens is 342 g/mol. The summed E-state index contributed by atoms with van der Waals surface area (Å²) in [5, 5.41) is 14.0. The Morgan fingerprint density at radius 1 is 1.20 bits per heavy atom. The van der Waals surface area contributed by atoms with Gasteiger partial charge in [-0.25, -0.2) is 4.98 Å². The van der Waals surface area contributed by atoms with Crippen molar-refractivity contribution < 1.29 is 14.5 Å². The van der Waals surface area contributed by atoms with Crippen molar-refractivity contribution in [1.29, 1.82) is 0 Å². The number of aromatic nitrogens is 1. The van der Waals surface area contributed by atoms with E-state index in [9.17, 15) is 14.9 Å². The molecule has 2 aromatic carbocycles. The van der Waals surface area contributed by atoms with Crippen LogP contribution in [-0.4, -0.2) is 22.9 Å². The molecule has 0 saturated heterocycles. The smallest absolute Gasteiger partial charge is 0.282 e. The van der Waals surface area contributed by atoms with E-state index in [0.717, 1.165) is 4.70 Å². The lowest BCUT2D eigenvalue weighted by Gasteiger charge is -2.02. The number of nitro benzene ring substituents is 1. The van der Waals surface area contributed by atoms with Crippen molar-refractivity contribution >= 4 is 38.3 Å². The number of thiazole rings is 1. The van der Waals surface area contributed by atoms with Crippen molar-refractivity contribution in [2.75, 3.05) is 12.4 Å². The van der Waals surface area contributed by atoms with Gasteiger partial charge in [-0.2, -0.15) is 0 Å². The topological polar surface area (TPSA) is 94.4 Å². The Kier molecular flexibility index (Phi) is 6.02. The first kappa shape index (κ1) is 18.3. The number of hydrogen-bond donors (Lipinski definition) is 1. The van der Waals surface area contributed by atoms with Crippen LogP contribution in [0.3, 0.4) is 0 Å². The fraction of sp³-hybridized carbons (Fsp3) is 0.176. The van der Waals surface area contributed by atoms with E-state index in [0.29, 0.717) is 16.4 Å². The van der Waals surface area contributed by atoms with Gasteiger partial charge in [-0.15, -0.1) is 0 Å². The summed E-state index contributed by atoms with van der Waals surface area (Å²) in [5.74, 6) is 0.0280. The summed E-state index contributed by atoms with van der Waals surface area (Å²) in [7, 11) is 1.54. The monoisotopic (exact) mass is 359 g/mol. The van der Waals surface area contributed by atoms with Crippen LogP contribution in [0.1, 0.15) is 24.2 Å². The maximum Gasteiger partial charge on any atom is 0.282 e. The van der Waals surface area contributed by atoms with Crippen LogP contribution in [-0.2, 0) is 0 Å². The molecule has 1 N–H and O–H groups in total. The molecule has 0 aliphatic carbocycles. The minimum Gasteiger partial charge on any atom is -0.494 e. The number of carbonyl (C=O) groups is 1. The molecule has 0 saturated carbocycles. The SMILES string of the molecule is CC.COc1cccc2sc(NC(=O)c3ccccc3[N+](=O)[O-])nc12. The molecule has 1 aromatic heterocycles. The first-order chi connectivity index (χ1) is 12.1. The molecule has 0 aliphatic heterocycles. The van der Waals surface area contributed by atoms with Gasteiger partial charge >= 0.3 is 0 Å². The van der Waals surface area contributed by atoms with Crippen LogP contribution in [0.25, 0.3) is 10.2 Å². The minimum absolute atomic E-state index is 0.0104. The van der Waals surface area contributed by atoms with Crippen molar-refractivity contribution in [3.05, 3.63) is 58.1 Å². The Morgan fingerprint density at radius 3 is 2.60 bits per heavy atom. The van der Waals surface area contributed by atoms with Gasteiger partial charge in [-0.05, 0) is 18.2 Å². The second kappa shape index (κ2) is 8.20. The number of anilines is 1. The molecule has 1 amide bonds. The molecule has 0 aliphatic rings. The van der Waals surface area contributed by atoms with Crippen LogP contribution in [0.15, 0.2) is 42.5 Å². The Bertz CT molecular complexity index is 908. The fourth-order valence-corrected chi connectivity index (χ4v) is 3.01. The van der Waals surface area contributed by atoms with Crippen molar-refractivity contribution in [1.82, 2.24) is 4.98 Å². The summed E-state index contributed by atoms with van der Waals surface area (Å²) < 4.78 is 6.07. The quantitative estimate of drug-likeness (QED) is 0.547. The molecule has 130 valence electrons. The Hall–Kier alpha value is -3.00. The second-order valence-electron chi connectivity index (χ2n) is 4.55. The average molecular weight is 359 g/mol. The molecule has 0 unspecified atom stereocenters. The lowest BCUT2D eigenvalue weighted by molar-refractivity contribution is -0.385. The van der Waals surface area contributed by atoms with Gasteiger partial charge in [0.2, 0.25) is 0 Å². The highest BCUT2D eigenvalue weighted by Crippen LogP contribution is 2.32. The van der Waals surface area contributed by atoms with Crippen LogP contribution < -0.4 is 10.1 Å². The van der Waals surface area contributed by atoms with E-state index in [-0.39, 0.29) is 11.3 Å². The number of nitro groups is 1. The standard InChI is InChI=1S/C15H11N3O4S.C2H6/c1-22-11-7-4-8-12-13(11)16-15(23-12)17-14(19)9-5-2-3-6-10(9)18(20)21;1-2/h2-8H,1H3,(H,16,17,19);1-2H3. The van der Waals surface area contributed by atoms with E-state index in [4.69, 9.17) is 4.74 Å². The van der Waals surface area contributed by atoms with E-state index in [1.54, 1.807) is 19.2 Å². The number of methoxy groups -OCH3 is 1. The molecule has 0 atom stereocenters. The summed E-state index contributed by atoms with van der Waals surface area (Å²) >= 11 is 1.27. The summed E-state index contributed by atoms with van der Waals surface area (Å²) in [6.07, 6.45) is 0.